The first-order chi connectivity index (χ1) is 15.6. The van der Waals surface area contributed by atoms with Gasteiger partial charge < -0.3 is 24.9 Å². The fourth-order valence-electron chi connectivity index (χ4n) is 2.84. The predicted octanol–water partition coefficient (Wildman–Crippen LogP) is 1.58. The molecule has 0 saturated carbocycles. The van der Waals surface area contributed by atoms with E-state index in [1.54, 1.807) is 0 Å². The molecule has 0 aliphatic carbocycles. The van der Waals surface area contributed by atoms with Gasteiger partial charge in [0, 0.05) is 16.7 Å². The number of ether oxygens (including phenoxy) is 2. The number of urea groups is 1. The number of nitro groups is 1. The van der Waals surface area contributed by atoms with Crippen LogP contribution in [0.2, 0.25) is 5.02 Å². The summed E-state index contributed by atoms with van der Waals surface area (Å²) in [5.41, 5.74) is 4.17. The SMILES string of the molecule is COC(=O)c1ccc(CN2C(=O)NC(=Cc3cc(Cl)cc([N+](=O)[O-])c3OCC(N)=O)C2=O)o1. The van der Waals surface area contributed by atoms with E-state index in [0.29, 0.717) is 0 Å². The highest BCUT2D eigenvalue weighted by Gasteiger charge is 2.35. The van der Waals surface area contributed by atoms with Crippen molar-refractivity contribution in [2.24, 2.45) is 5.73 Å². The van der Waals surface area contributed by atoms with Crippen LogP contribution >= 0.6 is 11.6 Å². The van der Waals surface area contributed by atoms with Crippen LogP contribution in [0.5, 0.6) is 5.75 Å². The molecule has 1 aromatic heterocycles. The van der Waals surface area contributed by atoms with E-state index in [0.717, 1.165) is 17.0 Å². The Balaban J connectivity index is 1.92. The van der Waals surface area contributed by atoms with Crippen LogP contribution in [0.15, 0.2) is 34.4 Å². The van der Waals surface area contributed by atoms with Crippen molar-refractivity contribution in [2.75, 3.05) is 13.7 Å². The fourth-order valence-corrected chi connectivity index (χ4v) is 3.06. The van der Waals surface area contributed by atoms with E-state index < -0.39 is 41.0 Å². The number of methoxy groups -OCH3 is 1. The minimum absolute atomic E-state index is 0.0491. The number of furan rings is 1. The lowest BCUT2D eigenvalue weighted by Crippen LogP contribution is -2.30. The van der Waals surface area contributed by atoms with Gasteiger partial charge in [-0.25, -0.2) is 9.59 Å². The van der Waals surface area contributed by atoms with Crippen molar-refractivity contribution < 1.29 is 38.0 Å². The summed E-state index contributed by atoms with van der Waals surface area (Å²) in [4.78, 5) is 59.0. The van der Waals surface area contributed by atoms with Crippen molar-refractivity contribution in [3.05, 3.63) is 62.2 Å². The van der Waals surface area contributed by atoms with Gasteiger partial charge in [0.15, 0.2) is 6.61 Å². The number of halogens is 1. The van der Waals surface area contributed by atoms with Gasteiger partial charge in [0.05, 0.1) is 18.6 Å². The average Bonchev–Trinajstić information content (AvgIpc) is 3.32. The summed E-state index contributed by atoms with van der Waals surface area (Å²) in [6.07, 6.45) is 1.11. The lowest BCUT2D eigenvalue weighted by molar-refractivity contribution is -0.385. The first-order valence-corrected chi connectivity index (χ1v) is 9.39. The Bertz CT molecular complexity index is 1200. The second-order valence-corrected chi connectivity index (χ2v) is 6.93. The monoisotopic (exact) mass is 478 g/mol. The van der Waals surface area contributed by atoms with E-state index in [1.165, 1.54) is 25.3 Å². The quantitative estimate of drug-likeness (QED) is 0.187. The number of primary amides is 1. The summed E-state index contributed by atoms with van der Waals surface area (Å²) < 4.78 is 14.9. The third-order valence-electron chi connectivity index (χ3n) is 4.24. The molecule has 2 aromatic rings. The first kappa shape index (κ1) is 23.3. The summed E-state index contributed by atoms with van der Waals surface area (Å²) >= 11 is 5.94. The molecule has 172 valence electrons. The van der Waals surface area contributed by atoms with Crippen LogP contribution in [-0.2, 0) is 20.9 Å². The lowest BCUT2D eigenvalue weighted by atomic mass is 10.1. The molecule has 1 aliphatic heterocycles. The van der Waals surface area contributed by atoms with Crippen LogP contribution in [0.3, 0.4) is 0 Å². The molecule has 1 fully saturated rings. The predicted molar refractivity (Wildman–Crippen MR) is 110 cm³/mol. The number of carbonyl (C=O) groups is 4. The normalized spacial score (nSPS) is 14.4. The van der Waals surface area contributed by atoms with Gasteiger partial charge in [-0.15, -0.1) is 0 Å². The minimum Gasteiger partial charge on any atom is -0.476 e. The number of rotatable bonds is 8. The van der Waals surface area contributed by atoms with E-state index >= 15 is 0 Å². The highest BCUT2D eigenvalue weighted by Crippen LogP contribution is 2.36. The molecule has 1 aliphatic rings. The number of hydrogen-bond acceptors (Lipinski definition) is 9. The van der Waals surface area contributed by atoms with Crippen LogP contribution in [-0.4, -0.2) is 47.4 Å². The number of nitrogens with zero attached hydrogens (tertiary/aromatic N) is 2. The maximum atomic E-state index is 12.8. The van der Waals surface area contributed by atoms with Gasteiger partial charge in [0.2, 0.25) is 11.5 Å². The number of imide groups is 1. The minimum atomic E-state index is -0.890. The summed E-state index contributed by atoms with van der Waals surface area (Å²) in [5, 5.41) is 13.7. The van der Waals surface area contributed by atoms with Crippen molar-refractivity contribution in [1.82, 2.24) is 10.2 Å². The van der Waals surface area contributed by atoms with Crippen molar-refractivity contribution >= 4 is 47.2 Å². The van der Waals surface area contributed by atoms with E-state index in [-0.39, 0.29) is 40.1 Å². The molecule has 0 spiro atoms. The molecule has 4 amide bonds. The number of nitrogens with one attached hydrogen (secondary N) is 1. The van der Waals surface area contributed by atoms with E-state index in [1.807, 2.05) is 0 Å². The van der Waals surface area contributed by atoms with Gasteiger partial charge >= 0.3 is 17.7 Å². The van der Waals surface area contributed by atoms with Crippen LogP contribution in [0.25, 0.3) is 6.08 Å². The van der Waals surface area contributed by atoms with Crippen molar-refractivity contribution in [3.63, 3.8) is 0 Å². The molecule has 3 rings (SSSR count). The topological polar surface area (TPSA) is 184 Å². The summed E-state index contributed by atoms with van der Waals surface area (Å²) in [6.45, 7) is -0.980. The zero-order valence-corrected chi connectivity index (χ0v) is 17.6. The van der Waals surface area contributed by atoms with E-state index in [2.05, 4.69) is 10.1 Å². The molecular weight excluding hydrogens is 464 g/mol. The Morgan fingerprint density at radius 3 is 2.70 bits per heavy atom. The third-order valence-corrected chi connectivity index (χ3v) is 4.46. The molecule has 13 nitrogen and oxygen atoms in total. The molecule has 0 bridgehead atoms. The summed E-state index contributed by atoms with van der Waals surface area (Å²) in [6, 6.07) is 4.15. The molecule has 33 heavy (non-hydrogen) atoms. The first-order valence-electron chi connectivity index (χ1n) is 9.01. The van der Waals surface area contributed by atoms with Crippen LogP contribution in [0.1, 0.15) is 21.9 Å². The molecule has 0 radical (unpaired) electrons. The Morgan fingerprint density at radius 2 is 2.06 bits per heavy atom. The van der Waals surface area contributed by atoms with E-state index in [4.69, 9.17) is 26.5 Å². The van der Waals surface area contributed by atoms with Gasteiger partial charge in [-0.1, -0.05) is 11.6 Å². The van der Waals surface area contributed by atoms with E-state index in [9.17, 15) is 29.3 Å². The van der Waals surface area contributed by atoms with Gasteiger partial charge in [-0.2, -0.15) is 0 Å². The van der Waals surface area contributed by atoms with Crippen molar-refractivity contribution in [2.45, 2.75) is 6.54 Å². The van der Waals surface area contributed by atoms with Crippen LogP contribution in [0.4, 0.5) is 10.5 Å². The number of amides is 4. The van der Waals surface area contributed by atoms with Crippen molar-refractivity contribution in [1.29, 1.82) is 0 Å². The van der Waals surface area contributed by atoms with Gasteiger partial charge in [-0.3, -0.25) is 24.6 Å². The van der Waals surface area contributed by atoms with Crippen LogP contribution in [0, 0.1) is 10.1 Å². The lowest BCUT2D eigenvalue weighted by Gasteiger charge is -2.10. The number of nitro benzene ring substituents is 1. The number of esters is 1. The smallest absolute Gasteiger partial charge is 0.373 e. The van der Waals surface area contributed by atoms with Crippen LogP contribution < -0.4 is 15.8 Å². The second-order valence-electron chi connectivity index (χ2n) is 6.49. The Morgan fingerprint density at radius 1 is 1.33 bits per heavy atom. The third kappa shape index (κ3) is 5.10. The Labute approximate surface area is 189 Å². The van der Waals surface area contributed by atoms with Gasteiger partial charge in [0.25, 0.3) is 11.8 Å². The zero-order valence-electron chi connectivity index (χ0n) is 16.8. The number of benzene rings is 1. The average molecular weight is 479 g/mol. The zero-order chi connectivity index (χ0) is 24.3. The number of carbonyl (C=O) groups excluding carboxylic acids is 4. The van der Waals surface area contributed by atoms with Crippen molar-refractivity contribution in [3.8, 4) is 5.75 Å². The molecule has 0 atom stereocenters. The fraction of sp³-hybridized carbons (Fsp3) is 0.158. The number of nitrogens with two attached hydrogens (primary N) is 1. The molecule has 2 heterocycles. The Hall–Kier alpha value is -4.39. The molecule has 1 aromatic carbocycles. The van der Waals surface area contributed by atoms with Gasteiger partial charge in [-0.05, 0) is 24.3 Å². The molecule has 0 unspecified atom stereocenters. The highest BCUT2D eigenvalue weighted by atomic mass is 35.5. The standard InChI is InChI=1S/C19H15ClN4O9/c1-31-18(27)14-3-2-11(33-14)7-23-17(26)12(22-19(23)28)5-9-4-10(20)6-13(24(29)30)16(9)32-8-15(21)25/h2-6H,7-8H2,1H3,(H2,21,25)(H,22,28). The second kappa shape index (κ2) is 9.40. The highest BCUT2D eigenvalue weighted by molar-refractivity contribution is 6.31. The molecule has 3 N–H and O–H groups in total. The summed E-state index contributed by atoms with van der Waals surface area (Å²) in [5.74, 6) is -2.77. The molecule has 14 heteroatoms. The Kier molecular flexibility index (Phi) is 6.63. The maximum Gasteiger partial charge on any atom is 0.373 e. The maximum absolute atomic E-state index is 12.8. The molecular formula is C19H15ClN4O9. The van der Waals surface area contributed by atoms with Gasteiger partial charge in [0.1, 0.15) is 11.5 Å². The molecule has 1 saturated heterocycles. The summed E-state index contributed by atoms with van der Waals surface area (Å²) in [7, 11) is 1.17. The number of hydrogen-bond donors (Lipinski definition) is 2. The largest absolute Gasteiger partial charge is 0.476 e.